The molecule has 0 fully saturated rings. The molecule has 14 heavy (non-hydrogen) atoms. The third-order valence-corrected chi connectivity index (χ3v) is 3.59. The first kappa shape index (κ1) is 9.53. The van der Waals surface area contributed by atoms with Gasteiger partial charge in [0.25, 0.3) is 5.24 Å². The Balaban J connectivity index is 2.08. The molecule has 2 aliphatic heterocycles. The number of nitrogens with one attached hydrogen (secondary N) is 2. The van der Waals surface area contributed by atoms with E-state index in [0.717, 1.165) is 11.8 Å². The van der Waals surface area contributed by atoms with Crippen LogP contribution >= 0.6 is 23.5 Å². The van der Waals surface area contributed by atoms with Crippen molar-refractivity contribution in [2.24, 2.45) is 10.2 Å². The van der Waals surface area contributed by atoms with Gasteiger partial charge in [0, 0.05) is 6.21 Å². The molecule has 2 rings (SSSR count). The first-order valence-electron chi connectivity index (χ1n) is 3.75. The summed E-state index contributed by atoms with van der Waals surface area (Å²) in [5.74, 6) is 0.215. The van der Waals surface area contributed by atoms with Gasteiger partial charge in [-0.3, -0.25) is 9.59 Å². The number of nitrogens with zero attached hydrogens (tertiary/aromatic N) is 2. The molecular weight excluding hydrogens is 224 g/mol. The summed E-state index contributed by atoms with van der Waals surface area (Å²) in [4.78, 5) is 21.8. The Morgan fingerprint density at radius 1 is 1.43 bits per heavy atom. The van der Waals surface area contributed by atoms with E-state index < -0.39 is 0 Å². The molecule has 2 heterocycles. The summed E-state index contributed by atoms with van der Waals surface area (Å²) in [6.45, 7) is 0. The Labute approximate surface area is 88.0 Å². The van der Waals surface area contributed by atoms with E-state index in [9.17, 15) is 9.59 Å². The van der Waals surface area contributed by atoms with E-state index >= 15 is 0 Å². The number of carbonyl (C=O) groups is 2. The van der Waals surface area contributed by atoms with E-state index in [0.29, 0.717) is 10.8 Å². The normalized spacial score (nSPS) is 26.6. The van der Waals surface area contributed by atoms with Gasteiger partial charge < -0.3 is 0 Å². The Hall–Kier alpha value is -1.02. The molecule has 0 aliphatic carbocycles. The van der Waals surface area contributed by atoms with Gasteiger partial charge in [0.05, 0.1) is 5.75 Å². The summed E-state index contributed by atoms with van der Waals surface area (Å²) >= 11 is 2.42. The zero-order chi connectivity index (χ0) is 9.97. The molecule has 0 aromatic carbocycles. The van der Waals surface area contributed by atoms with Crippen LogP contribution in [-0.2, 0) is 4.79 Å². The van der Waals surface area contributed by atoms with E-state index in [1.807, 2.05) is 0 Å². The zero-order valence-electron chi connectivity index (χ0n) is 6.89. The number of carbonyl (C=O) groups excluding carboxylic acids is 2. The van der Waals surface area contributed by atoms with Crippen molar-refractivity contribution in [3.05, 3.63) is 0 Å². The minimum Gasteiger partial charge on any atom is -0.272 e. The molecule has 2 aliphatic rings. The third kappa shape index (κ3) is 2.07. The van der Waals surface area contributed by atoms with E-state index in [-0.39, 0.29) is 16.4 Å². The highest BCUT2D eigenvalue weighted by Gasteiger charge is 2.25. The molecular formula is C6H6N4O2S2. The number of rotatable bonds is 1. The van der Waals surface area contributed by atoms with Gasteiger partial charge in [-0.15, -0.1) is 0 Å². The number of thioether (sulfide) groups is 2. The molecule has 6 nitrogen and oxygen atoms in total. The summed E-state index contributed by atoms with van der Waals surface area (Å²) in [7, 11) is 0. The van der Waals surface area contributed by atoms with Gasteiger partial charge in [-0.25, -0.2) is 10.9 Å². The van der Waals surface area contributed by atoms with Gasteiger partial charge in [-0.05, 0) is 11.8 Å². The number of hydrazone groups is 2. The molecule has 2 N–H and O–H groups in total. The van der Waals surface area contributed by atoms with Gasteiger partial charge in [0.2, 0.25) is 5.91 Å². The minimum atomic E-state index is -0.210. The molecule has 1 atom stereocenters. The van der Waals surface area contributed by atoms with Crippen molar-refractivity contribution in [1.29, 1.82) is 0 Å². The average molecular weight is 230 g/mol. The topological polar surface area (TPSA) is 82.9 Å². The van der Waals surface area contributed by atoms with Crippen LogP contribution in [0, 0.1) is 0 Å². The van der Waals surface area contributed by atoms with Crippen molar-refractivity contribution in [1.82, 2.24) is 10.9 Å². The minimum absolute atomic E-state index is 0.124. The highest BCUT2D eigenvalue weighted by atomic mass is 32.2. The fourth-order valence-electron chi connectivity index (χ4n) is 0.911. The Bertz CT molecular complexity index is 341. The first-order chi connectivity index (χ1) is 6.75. The molecule has 0 aromatic heterocycles. The van der Waals surface area contributed by atoms with E-state index in [1.54, 1.807) is 6.21 Å². The van der Waals surface area contributed by atoms with Crippen LogP contribution in [0.2, 0.25) is 0 Å². The molecule has 0 spiro atoms. The lowest BCUT2D eigenvalue weighted by Gasteiger charge is -2.18. The number of amides is 2. The predicted octanol–water partition coefficient (Wildman–Crippen LogP) is -0.0263. The van der Waals surface area contributed by atoms with Crippen molar-refractivity contribution in [2.45, 2.75) is 5.25 Å². The van der Waals surface area contributed by atoms with Crippen LogP contribution < -0.4 is 10.9 Å². The first-order valence-corrected chi connectivity index (χ1v) is 5.61. The Kier molecular flexibility index (Phi) is 2.73. The van der Waals surface area contributed by atoms with Crippen LogP contribution in [0.1, 0.15) is 0 Å². The van der Waals surface area contributed by atoms with Gasteiger partial charge in [-0.1, -0.05) is 11.8 Å². The van der Waals surface area contributed by atoms with Gasteiger partial charge in [0.1, 0.15) is 10.3 Å². The summed E-state index contributed by atoms with van der Waals surface area (Å²) in [6.07, 6.45) is 1.59. The van der Waals surface area contributed by atoms with Gasteiger partial charge in [-0.2, -0.15) is 10.2 Å². The standard InChI is InChI=1S/C6H6N4O2S2/c11-4-2-13-5(9-8-4)3-1-7-10-6(12)14-3/h1,3H,2H2,(H,8,11)(H,10,12). The second-order valence-corrected chi connectivity index (χ2v) is 4.60. The second-order valence-electron chi connectivity index (χ2n) is 2.49. The molecule has 1 unspecified atom stereocenters. The lowest BCUT2D eigenvalue weighted by Crippen LogP contribution is -2.34. The molecule has 0 radical (unpaired) electrons. The van der Waals surface area contributed by atoms with Crippen LogP contribution in [0.3, 0.4) is 0 Å². The Morgan fingerprint density at radius 3 is 2.93 bits per heavy atom. The summed E-state index contributed by atoms with van der Waals surface area (Å²) in [6, 6.07) is 0. The molecule has 74 valence electrons. The van der Waals surface area contributed by atoms with Crippen molar-refractivity contribution in [3.63, 3.8) is 0 Å². The van der Waals surface area contributed by atoms with Gasteiger partial charge >= 0.3 is 0 Å². The molecule has 0 bridgehead atoms. The Morgan fingerprint density at radius 2 is 2.29 bits per heavy atom. The molecule has 8 heteroatoms. The van der Waals surface area contributed by atoms with Crippen LogP contribution in [-0.4, -0.2) is 33.4 Å². The lowest BCUT2D eigenvalue weighted by molar-refractivity contribution is -0.118. The second kappa shape index (κ2) is 4.01. The van der Waals surface area contributed by atoms with E-state index in [2.05, 4.69) is 21.1 Å². The summed E-state index contributed by atoms with van der Waals surface area (Å²) in [5, 5.41) is 7.84. The molecule has 2 amide bonds. The smallest absolute Gasteiger partial charge is 0.272 e. The van der Waals surface area contributed by atoms with Crippen molar-refractivity contribution < 1.29 is 9.59 Å². The number of hydrogen-bond donors (Lipinski definition) is 2. The summed E-state index contributed by atoms with van der Waals surface area (Å²) < 4.78 is 0. The third-order valence-electron chi connectivity index (χ3n) is 1.49. The van der Waals surface area contributed by atoms with Crippen LogP contribution in [0.5, 0.6) is 0 Å². The number of hydrogen-bond acceptors (Lipinski definition) is 6. The average Bonchev–Trinajstić information content (AvgIpc) is 2.19. The van der Waals surface area contributed by atoms with Crippen molar-refractivity contribution >= 4 is 45.9 Å². The van der Waals surface area contributed by atoms with Crippen LogP contribution in [0.25, 0.3) is 0 Å². The molecule has 0 aromatic rings. The van der Waals surface area contributed by atoms with Gasteiger partial charge in [0.15, 0.2) is 0 Å². The predicted molar refractivity (Wildman–Crippen MR) is 56.4 cm³/mol. The van der Waals surface area contributed by atoms with E-state index in [4.69, 9.17) is 0 Å². The van der Waals surface area contributed by atoms with Crippen molar-refractivity contribution in [2.75, 3.05) is 5.75 Å². The molecule has 0 saturated heterocycles. The van der Waals surface area contributed by atoms with E-state index in [1.165, 1.54) is 11.8 Å². The molecule has 0 saturated carbocycles. The quantitative estimate of drug-likeness (QED) is 0.663. The fourth-order valence-corrected chi connectivity index (χ4v) is 2.55. The SMILES string of the molecule is O=C1CSC(C2C=NNC(=O)S2)=NN1. The van der Waals surface area contributed by atoms with Crippen molar-refractivity contribution in [3.8, 4) is 0 Å². The maximum absolute atomic E-state index is 11.0. The van der Waals surface area contributed by atoms with Crippen LogP contribution in [0.15, 0.2) is 10.2 Å². The summed E-state index contributed by atoms with van der Waals surface area (Å²) in [5.41, 5.74) is 4.67. The largest absolute Gasteiger partial charge is 0.300 e. The zero-order valence-corrected chi connectivity index (χ0v) is 8.52. The maximum Gasteiger partial charge on any atom is 0.300 e. The van der Waals surface area contributed by atoms with Crippen LogP contribution in [0.4, 0.5) is 4.79 Å². The lowest BCUT2D eigenvalue weighted by atomic mass is 10.5. The monoisotopic (exact) mass is 230 g/mol. The fraction of sp³-hybridized carbons (Fsp3) is 0.333. The maximum atomic E-state index is 11.0. The highest BCUT2D eigenvalue weighted by Crippen LogP contribution is 2.22. The highest BCUT2D eigenvalue weighted by molar-refractivity contribution is 8.20.